The molecule has 0 unspecified atom stereocenters. The molecule has 0 heterocycles. The van der Waals surface area contributed by atoms with E-state index in [9.17, 15) is 13.2 Å². The minimum absolute atomic E-state index is 0.0300. The molecular formula is C15H19F3N2O2. The molecule has 0 aliphatic heterocycles. The molecule has 0 bridgehead atoms. The van der Waals surface area contributed by atoms with E-state index in [2.05, 4.69) is 5.16 Å². The van der Waals surface area contributed by atoms with Crippen LogP contribution in [0.25, 0.3) is 0 Å². The maximum absolute atomic E-state index is 12.6. The number of nitrogens with one attached hydrogen (secondary N) is 1. The van der Waals surface area contributed by atoms with Gasteiger partial charge in [-0.15, -0.1) is 0 Å². The van der Waals surface area contributed by atoms with E-state index in [-0.39, 0.29) is 6.61 Å². The van der Waals surface area contributed by atoms with Gasteiger partial charge in [-0.2, -0.15) is 13.2 Å². The number of hydrogen-bond acceptors (Lipinski definition) is 4. The van der Waals surface area contributed by atoms with Crippen molar-refractivity contribution in [2.75, 3.05) is 20.3 Å². The fourth-order valence-corrected chi connectivity index (χ4v) is 1.79. The normalized spacial score (nSPS) is 12.3. The van der Waals surface area contributed by atoms with Crippen LogP contribution in [0, 0.1) is 5.41 Å². The predicted octanol–water partition coefficient (Wildman–Crippen LogP) is 3.89. The lowest BCUT2D eigenvalue weighted by atomic mass is 10.0. The van der Waals surface area contributed by atoms with Gasteiger partial charge in [-0.1, -0.05) is 17.3 Å². The fourth-order valence-electron chi connectivity index (χ4n) is 1.79. The molecule has 0 fully saturated rings. The Kier molecular flexibility index (Phi) is 7.59. The molecule has 1 aromatic carbocycles. The predicted molar refractivity (Wildman–Crippen MR) is 78.4 cm³/mol. The zero-order valence-electron chi connectivity index (χ0n) is 12.3. The number of oxime groups is 1. The Labute approximate surface area is 127 Å². The van der Waals surface area contributed by atoms with Crippen LogP contribution in [0.15, 0.2) is 29.4 Å². The maximum Gasteiger partial charge on any atom is 0.416 e. The quantitative estimate of drug-likeness (QED) is 0.427. The van der Waals surface area contributed by atoms with Crippen LogP contribution in [0.2, 0.25) is 0 Å². The molecule has 0 amide bonds. The Hall–Kier alpha value is -1.89. The minimum atomic E-state index is -4.36. The molecule has 0 aliphatic rings. The lowest BCUT2D eigenvalue weighted by Crippen LogP contribution is -2.07. The number of ether oxygens (including phenoxy) is 1. The van der Waals surface area contributed by atoms with Gasteiger partial charge in [0.1, 0.15) is 0 Å². The zero-order valence-corrected chi connectivity index (χ0v) is 12.3. The first kappa shape index (κ1) is 18.2. The van der Waals surface area contributed by atoms with Crippen molar-refractivity contribution in [1.82, 2.24) is 0 Å². The Bertz CT molecular complexity index is 485. The number of alkyl halides is 3. The smallest absolute Gasteiger partial charge is 0.390 e. The van der Waals surface area contributed by atoms with Gasteiger partial charge in [0.25, 0.3) is 0 Å². The van der Waals surface area contributed by atoms with Crippen molar-refractivity contribution in [2.45, 2.75) is 25.4 Å². The van der Waals surface area contributed by atoms with E-state index in [0.29, 0.717) is 24.3 Å². The summed E-state index contributed by atoms with van der Waals surface area (Å²) in [5, 5.41) is 10.8. The van der Waals surface area contributed by atoms with E-state index in [4.69, 9.17) is 15.0 Å². The lowest BCUT2D eigenvalue weighted by molar-refractivity contribution is -0.137. The highest BCUT2D eigenvalue weighted by Crippen LogP contribution is 2.29. The molecule has 1 rings (SSSR count). The third-order valence-corrected chi connectivity index (χ3v) is 2.89. The van der Waals surface area contributed by atoms with Gasteiger partial charge in [-0.05, 0) is 37.0 Å². The average molecular weight is 316 g/mol. The lowest BCUT2D eigenvalue weighted by Gasteiger charge is -2.09. The van der Waals surface area contributed by atoms with E-state index in [1.807, 2.05) is 0 Å². The molecule has 0 saturated carbocycles. The van der Waals surface area contributed by atoms with Gasteiger partial charge in [0.15, 0.2) is 6.61 Å². The minimum Gasteiger partial charge on any atom is -0.390 e. The average Bonchev–Trinajstić information content (AvgIpc) is 2.49. The molecule has 0 atom stereocenters. The Morgan fingerprint density at radius 1 is 1.23 bits per heavy atom. The molecule has 0 saturated heterocycles. The number of hydrogen-bond donors (Lipinski definition) is 1. The van der Waals surface area contributed by atoms with Crippen molar-refractivity contribution >= 4 is 11.9 Å². The van der Waals surface area contributed by atoms with Gasteiger partial charge in [0, 0.05) is 19.9 Å². The summed E-state index contributed by atoms with van der Waals surface area (Å²) in [6.07, 6.45) is -1.14. The topological polar surface area (TPSA) is 54.7 Å². The van der Waals surface area contributed by atoms with Crippen LogP contribution >= 0.6 is 0 Å². The summed E-state index contributed by atoms with van der Waals surface area (Å²) in [5.41, 5.74) is 0.442. The second-order valence-corrected chi connectivity index (χ2v) is 4.56. The fraction of sp³-hybridized carbons (Fsp3) is 0.467. The number of methoxy groups -OCH3 is 1. The molecule has 1 N–H and O–H groups in total. The number of halogens is 3. The second kappa shape index (κ2) is 9.19. The highest BCUT2D eigenvalue weighted by Gasteiger charge is 2.30. The van der Waals surface area contributed by atoms with Crippen LogP contribution in [0.1, 0.15) is 30.4 Å². The van der Waals surface area contributed by atoms with Gasteiger partial charge < -0.3 is 15.0 Å². The van der Waals surface area contributed by atoms with Crippen LogP contribution in [-0.4, -0.2) is 32.2 Å². The summed E-state index contributed by atoms with van der Waals surface area (Å²) in [6, 6.07) is 4.81. The first-order chi connectivity index (χ1) is 10.5. The Morgan fingerprint density at radius 2 is 1.91 bits per heavy atom. The van der Waals surface area contributed by atoms with Crippen molar-refractivity contribution in [2.24, 2.45) is 5.16 Å². The van der Waals surface area contributed by atoms with Crippen molar-refractivity contribution in [1.29, 1.82) is 5.41 Å². The highest BCUT2D eigenvalue weighted by molar-refractivity contribution is 6.00. The van der Waals surface area contributed by atoms with E-state index in [1.54, 1.807) is 7.11 Å². The molecule has 122 valence electrons. The number of nitrogens with zero attached hydrogens (tertiary/aromatic N) is 1. The standard InChI is InChI=1S/C15H19F3N2O2/c1-21-10-3-2-4-14(20-22-11-9-19)12-5-7-13(8-6-12)15(16,17)18/h5-9,19H,2-4,10-11H2,1H3/b19-9?,20-14+. The summed E-state index contributed by atoms with van der Waals surface area (Å²) in [7, 11) is 1.61. The number of rotatable bonds is 9. The first-order valence-corrected chi connectivity index (χ1v) is 6.83. The van der Waals surface area contributed by atoms with Crippen molar-refractivity contribution in [3.8, 4) is 0 Å². The van der Waals surface area contributed by atoms with Gasteiger partial charge in [-0.25, -0.2) is 0 Å². The van der Waals surface area contributed by atoms with Crippen molar-refractivity contribution in [3.63, 3.8) is 0 Å². The van der Waals surface area contributed by atoms with E-state index < -0.39 is 11.7 Å². The van der Waals surface area contributed by atoms with Crippen molar-refractivity contribution in [3.05, 3.63) is 35.4 Å². The Morgan fingerprint density at radius 3 is 2.45 bits per heavy atom. The Balaban J connectivity index is 2.80. The third-order valence-electron chi connectivity index (χ3n) is 2.89. The van der Waals surface area contributed by atoms with Crippen LogP contribution in [0.3, 0.4) is 0 Å². The number of unbranched alkanes of at least 4 members (excludes halogenated alkanes) is 1. The monoisotopic (exact) mass is 316 g/mol. The summed E-state index contributed by atoms with van der Waals surface area (Å²) in [4.78, 5) is 4.95. The summed E-state index contributed by atoms with van der Waals surface area (Å²) >= 11 is 0. The van der Waals surface area contributed by atoms with Crippen LogP contribution < -0.4 is 0 Å². The van der Waals surface area contributed by atoms with E-state index in [1.165, 1.54) is 12.1 Å². The molecule has 0 radical (unpaired) electrons. The summed E-state index contributed by atoms with van der Waals surface area (Å²) in [6.45, 7) is 0.643. The molecule has 22 heavy (non-hydrogen) atoms. The molecule has 0 aromatic heterocycles. The van der Waals surface area contributed by atoms with Gasteiger partial charge in [0.2, 0.25) is 0 Å². The SMILES string of the molecule is COCCCC/C(=N\OCC=N)c1ccc(C(F)(F)F)cc1. The van der Waals surface area contributed by atoms with Crippen LogP contribution in [0.5, 0.6) is 0 Å². The second-order valence-electron chi connectivity index (χ2n) is 4.56. The first-order valence-electron chi connectivity index (χ1n) is 6.83. The van der Waals surface area contributed by atoms with Crippen LogP contribution in [0.4, 0.5) is 13.2 Å². The molecule has 1 aromatic rings. The molecular weight excluding hydrogens is 297 g/mol. The van der Waals surface area contributed by atoms with Gasteiger partial charge >= 0.3 is 6.18 Å². The van der Waals surface area contributed by atoms with E-state index >= 15 is 0 Å². The highest BCUT2D eigenvalue weighted by atomic mass is 19.4. The third kappa shape index (κ3) is 6.26. The largest absolute Gasteiger partial charge is 0.416 e. The zero-order chi connectivity index (χ0) is 16.4. The molecule has 0 aliphatic carbocycles. The van der Waals surface area contributed by atoms with E-state index in [0.717, 1.165) is 31.2 Å². The molecule has 4 nitrogen and oxygen atoms in total. The van der Waals surface area contributed by atoms with Crippen LogP contribution in [-0.2, 0) is 15.8 Å². The van der Waals surface area contributed by atoms with Crippen molar-refractivity contribution < 1.29 is 22.7 Å². The molecule has 0 spiro atoms. The maximum atomic E-state index is 12.6. The van der Waals surface area contributed by atoms with Gasteiger partial charge in [-0.3, -0.25) is 0 Å². The molecule has 7 heteroatoms. The number of benzene rings is 1. The van der Waals surface area contributed by atoms with Gasteiger partial charge in [0.05, 0.1) is 11.3 Å². The summed E-state index contributed by atoms with van der Waals surface area (Å²) < 4.78 is 42.6. The summed E-state index contributed by atoms with van der Waals surface area (Å²) in [5.74, 6) is 0.